The number of ether oxygens (including phenoxy) is 1. The Balaban J connectivity index is 2.12. The molecular formula is C17H23N3O3S. The Labute approximate surface area is 146 Å². The molecule has 1 amide bonds. The van der Waals surface area contributed by atoms with Crippen LogP contribution in [0.1, 0.15) is 27.7 Å². The second kappa shape index (κ2) is 8.73. The molecule has 1 atom stereocenters. The molecule has 0 bridgehead atoms. The number of amides is 1. The summed E-state index contributed by atoms with van der Waals surface area (Å²) in [6, 6.07) is 7.52. The minimum Gasteiger partial charge on any atom is -0.493 e. The van der Waals surface area contributed by atoms with E-state index in [2.05, 4.69) is 10.2 Å². The van der Waals surface area contributed by atoms with Gasteiger partial charge in [-0.2, -0.15) is 0 Å². The van der Waals surface area contributed by atoms with E-state index in [1.54, 1.807) is 4.90 Å². The highest BCUT2D eigenvalue weighted by molar-refractivity contribution is 8.00. The lowest BCUT2D eigenvalue weighted by atomic mass is 10.2. The monoisotopic (exact) mass is 349 g/mol. The lowest BCUT2D eigenvalue weighted by Gasteiger charge is -2.21. The van der Waals surface area contributed by atoms with E-state index in [-0.39, 0.29) is 11.2 Å². The Morgan fingerprint density at radius 3 is 2.62 bits per heavy atom. The minimum absolute atomic E-state index is 0.0690. The van der Waals surface area contributed by atoms with Gasteiger partial charge in [-0.25, -0.2) is 0 Å². The predicted octanol–water partition coefficient (Wildman–Crippen LogP) is 3.48. The molecule has 0 saturated heterocycles. The summed E-state index contributed by atoms with van der Waals surface area (Å²) in [5, 5.41) is 8.23. The number of hydrogen-bond acceptors (Lipinski definition) is 6. The molecule has 2 aromatic rings. The Morgan fingerprint density at radius 2 is 1.96 bits per heavy atom. The first-order valence-corrected chi connectivity index (χ1v) is 8.99. The summed E-state index contributed by atoms with van der Waals surface area (Å²) in [7, 11) is 0. The van der Waals surface area contributed by atoms with Crippen LogP contribution in [0, 0.1) is 0 Å². The van der Waals surface area contributed by atoms with E-state index in [9.17, 15) is 4.79 Å². The summed E-state index contributed by atoms with van der Waals surface area (Å²) < 4.78 is 11.3. The highest BCUT2D eigenvalue weighted by atomic mass is 32.2. The molecule has 1 unspecified atom stereocenters. The first-order chi connectivity index (χ1) is 11.6. The van der Waals surface area contributed by atoms with Gasteiger partial charge in [0.15, 0.2) is 0 Å². The number of thioether (sulfide) groups is 1. The number of para-hydroxylation sites is 1. The molecule has 0 radical (unpaired) electrons. The molecule has 0 aliphatic heterocycles. The summed E-state index contributed by atoms with van der Waals surface area (Å²) in [6.07, 6.45) is 0. The molecule has 1 heterocycles. The van der Waals surface area contributed by atoms with E-state index in [0.717, 1.165) is 5.56 Å². The summed E-state index contributed by atoms with van der Waals surface area (Å²) in [4.78, 5) is 14.1. The van der Waals surface area contributed by atoms with Crippen LogP contribution in [0.5, 0.6) is 5.75 Å². The molecule has 7 heteroatoms. The number of carbonyl (C=O) groups is 1. The maximum atomic E-state index is 12.3. The van der Waals surface area contributed by atoms with E-state index in [1.165, 1.54) is 11.8 Å². The van der Waals surface area contributed by atoms with Crippen molar-refractivity contribution in [3.05, 3.63) is 24.3 Å². The van der Waals surface area contributed by atoms with E-state index in [0.29, 0.717) is 36.6 Å². The third-order valence-corrected chi connectivity index (χ3v) is 4.45. The molecule has 0 spiro atoms. The fourth-order valence-corrected chi connectivity index (χ4v) is 3.05. The van der Waals surface area contributed by atoms with Crippen molar-refractivity contribution in [2.45, 2.75) is 38.2 Å². The molecule has 6 nitrogen and oxygen atoms in total. The van der Waals surface area contributed by atoms with Crippen molar-refractivity contribution in [1.82, 2.24) is 15.1 Å². The number of aromatic nitrogens is 2. The molecule has 2 rings (SSSR count). The molecule has 0 fully saturated rings. The second-order valence-corrected chi connectivity index (χ2v) is 6.36. The summed E-state index contributed by atoms with van der Waals surface area (Å²) in [5.41, 5.74) is 0.751. The van der Waals surface area contributed by atoms with Crippen LogP contribution in [0.15, 0.2) is 33.9 Å². The normalized spacial score (nSPS) is 12.0. The largest absolute Gasteiger partial charge is 0.493 e. The Hall–Kier alpha value is -2.02. The van der Waals surface area contributed by atoms with E-state index < -0.39 is 0 Å². The van der Waals surface area contributed by atoms with Crippen LogP contribution in [-0.2, 0) is 4.79 Å². The zero-order valence-corrected chi connectivity index (χ0v) is 15.3. The summed E-state index contributed by atoms with van der Waals surface area (Å²) in [5.74, 6) is 1.16. The maximum absolute atomic E-state index is 12.3. The van der Waals surface area contributed by atoms with Crippen molar-refractivity contribution in [3.8, 4) is 17.2 Å². The van der Waals surface area contributed by atoms with Crippen LogP contribution < -0.4 is 4.74 Å². The zero-order chi connectivity index (χ0) is 17.5. The zero-order valence-electron chi connectivity index (χ0n) is 14.5. The molecule has 0 N–H and O–H groups in total. The first kappa shape index (κ1) is 18.3. The summed E-state index contributed by atoms with van der Waals surface area (Å²) in [6.45, 7) is 9.65. The highest BCUT2D eigenvalue weighted by Gasteiger charge is 2.22. The average molecular weight is 349 g/mol. The SMILES string of the molecule is CCOc1ccccc1-c1nnc(SC(C)C(=O)N(CC)CC)o1. The van der Waals surface area contributed by atoms with Crippen molar-refractivity contribution >= 4 is 17.7 Å². The molecule has 24 heavy (non-hydrogen) atoms. The number of carbonyl (C=O) groups excluding carboxylic acids is 1. The molecule has 1 aromatic carbocycles. The van der Waals surface area contributed by atoms with Crippen LogP contribution in [0.2, 0.25) is 0 Å². The topological polar surface area (TPSA) is 68.5 Å². The molecule has 0 saturated carbocycles. The number of rotatable bonds is 8. The van der Waals surface area contributed by atoms with E-state index >= 15 is 0 Å². The van der Waals surface area contributed by atoms with Gasteiger partial charge >= 0.3 is 0 Å². The lowest BCUT2D eigenvalue weighted by Crippen LogP contribution is -2.36. The van der Waals surface area contributed by atoms with Crippen molar-refractivity contribution in [1.29, 1.82) is 0 Å². The van der Waals surface area contributed by atoms with Crippen LogP contribution in [0.25, 0.3) is 11.5 Å². The van der Waals surface area contributed by atoms with Gasteiger partial charge in [-0.1, -0.05) is 23.9 Å². The molecular weight excluding hydrogens is 326 g/mol. The van der Waals surface area contributed by atoms with Crippen LogP contribution in [0.3, 0.4) is 0 Å². The van der Waals surface area contributed by atoms with Crippen molar-refractivity contribution < 1.29 is 13.9 Å². The van der Waals surface area contributed by atoms with Crippen LogP contribution in [0.4, 0.5) is 0 Å². The Morgan fingerprint density at radius 1 is 1.25 bits per heavy atom. The standard InChI is InChI=1S/C17H23N3O3S/c1-5-20(6-2)16(21)12(4)24-17-19-18-15(23-17)13-10-8-9-11-14(13)22-7-3/h8-12H,5-7H2,1-4H3. The first-order valence-electron chi connectivity index (χ1n) is 8.11. The number of hydrogen-bond donors (Lipinski definition) is 0. The van der Waals surface area contributed by atoms with Gasteiger partial charge in [-0.3, -0.25) is 4.79 Å². The molecule has 0 aliphatic rings. The highest BCUT2D eigenvalue weighted by Crippen LogP contribution is 2.32. The average Bonchev–Trinajstić information content (AvgIpc) is 3.05. The van der Waals surface area contributed by atoms with Gasteiger partial charge in [-0.05, 0) is 39.8 Å². The molecule has 130 valence electrons. The van der Waals surface area contributed by atoms with Gasteiger partial charge in [0.25, 0.3) is 11.1 Å². The third kappa shape index (κ3) is 4.29. The minimum atomic E-state index is -0.277. The number of benzene rings is 1. The van der Waals surface area contributed by atoms with Gasteiger partial charge in [0.1, 0.15) is 5.75 Å². The van der Waals surface area contributed by atoms with Gasteiger partial charge in [-0.15, -0.1) is 10.2 Å². The molecule has 1 aromatic heterocycles. The maximum Gasteiger partial charge on any atom is 0.277 e. The van der Waals surface area contributed by atoms with Gasteiger partial charge < -0.3 is 14.1 Å². The predicted molar refractivity (Wildman–Crippen MR) is 94.2 cm³/mol. The van der Waals surface area contributed by atoms with Crippen molar-refractivity contribution in [2.75, 3.05) is 19.7 Å². The number of nitrogens with zero attached hydrogens (tertiary/aromatic N) is 3. The van der Waals surface area contributed by atoms with Crippen molar-refractivity contribution in [3.63, 3.8) is 0 Å². The lowest BCUT2D eigenvalue weighted by molar-refractivity contribution is -0.129. The molecule has 0 aliphatic carbocycles. The third-order valence-electron chi connectivity index (χ3n) is 3.52. The fraction of sp³-hybridized carbons (Fsp3) is 0.471. The van der Waals surface area contributed by atoms with Gasteiger partial charge in [0, 0.05) is 13.1 Å². The van der Waals surface area contributed by atoms with Gasteiger partial charge in [0.2, 0.25) is 5.91 Å². The van der Waals surface area contributed by atoms with Crippen LogP contribution >= 0.6 is 11.8 Å². The van der Waals surface area contributed by atoms with E-state index in [4.69, 9.17) is 9.15 Å². The summed E-state index contributed by atoms with van der Waals surface area (Å²) >= 11 is 1.27. The second-order valence-electron chi connectivity index (χ2n) is 5.07. The van der Waals surface area contributed by atoms with Crippen LogP contribution in [-0.4, -0.2) is 46.0 Å². The van der Waals surface area contributed by atoms with Crippen molar-refractivity contribution in [2.24, 2.45) is 0 Å². The smallest absolute Gasteiger partial charge is 0.277 e. The fourth-order valence-electron chi connectivity index (χ4n) is 2.28. The van der Waals surface area contributed by atoms with Gasteiger partial charge in [0.05, 0.1) is 17.4 Å². The Bertz CT molecular complexity index is 671. The Kier molecular flexibility index (Phi) is 6.66. The quantitative estimate of drug-likeness (QED) is 0.680. The van der Waals surface area contributed by atoms with E-state index in [1.807, 2.05) is 52.0 Å².